The number of ether oxygens (including phenoxy) is 1. The van der Waals surface area contributed by atoms with Crippen LogP contribution in [0.5, 0.6) is 0 Å². The lowest BCUT2D eigenvalue weighted by atomic mass is 10.1. The molecule has 5 nitrogen and oxygen atoms in total. The fraction of sp³-hybridized carbons (Fsp3) is 0.353. The molecular weight excluding hydrogens is 382 g/mol. The molecule has 0 fully saturated rings. The average Bonchev–Trinajstić information content (AvgIpc) is 3.14. The number of nitrogens with one attached hydrogen (secondary N) is 1. The van der Waals surface area contributed by atoms with Gasteiger partial charge in [-0.15, -0.1) is 22.9 Å². The van der Waals surface area contributed by atoms with Crippen molar-refractivity contribution < 1.29 is 17.9 Å². The maximum atomic E-state index is 12.7. The molecule has 0 saturated heterocycles. The highest BCUT2D eigenvalue weighted by Gasteiger charge is 2.24. The van der Waals surface area contributed by atoms with E-state index in [-0.39, 0.29) is 11.3 Å². The van der Waals surface area contributed by atoms with Crippen LogP contribution in [0.3, 0.4) is 0 Å². The summed E-state index contributed by atoms with van der Waals surface area (Å²) in [5.74, 6) is 0.0926. The Labute approximate surface area is 157 Å². The second-order valence-corrected chi connectivity index (χ2v) is 8.48. The van der Waals surface area contributed by atoms with Crippen LogP contribution in [0.25, 0.3) is 0 Å². The number of methoxy groups -OCH3 is 1. The first-order valence-corrected chi connectivity index (χ1v) is 10.6. The molecule has 1 N–H and O–H groups in total. The van der Waals surface area contributed by atoms with E-state index in [1.807, 2.05) is 11.4 Å². The molecule has 0 spiro atoms. The van der Waals surface area contributed by atoms with Gasteiger partial charge in [-0.1, -0.05) is 18.2 Å². The number of carbonyl (C=O) groups excluding carboxylic acids is 1. The molecule has 136 valence electrons. The minimum atomic E-state index is -3.75. The van der Waals surface area contributed by atoms with Crippen LogP contribution in [-0.2, 0) is 26.0 Å². The van der Waals surface area contributed by atoms with Crippen LogP contribution in [0.2, 0.25) is 0 Å². The number of rotatable bonds is 9. The molecule has 0 radical (unpaired) electrons. The fourth-order valence-electron chi connectivity index (χ4n) is 2.30. The molecule has 1 heterocycles. The van der Waals surface area contributed by atoms with Gasteiger partial charge in [-0.05, 0) is 42.0 Å². The lowest BCUT2D eigenvalue weighted by Crippen LogP contribution is -2.30. The van der Waals surface area contributed by atoms with E-state index in [1.54, 1.807) is 30.3 Å². The normalized spacial score (nSPS) is 12.7. The van der Waals surface area contributed by atoms with Gasteiger partial charge in [0.2, 0.25) is 10.0 Å². The number of esters is 1. The van der Waals surface area contributed by atoms with Crippen LogP contribution in [-0.4, -0.2) is 27.4 Å². The topological polar surface area (TPSA) is 72.5 Å². The van der Waals surface area contributed by atoms with Crippen molar-refractivity contribution in [3.8, 4) is 0 Å². The van der Waals surface area contributed by atoms with Gasteiger partial charge in [-0.25, -0.2) is 13.1 Å². The van der Waals surface area contributed by atoms with Crippen LogP contribution in [0.15, 0.2) is 46.7 Å². The number of hydrogen-bond acceptors (Lipinski definition) is 5. The van der Waals surface area contributed by atoms with E-state index in [0.29, 0.717) is 5.88 Å². The Morgan fingerprint density at radius 2 is 2.00 bits per heavy atom. The smallest absolute Gasteiger partial charge is 0.307 e. The monoisotopic (exact) mass is 401 g/mol. The largest absolute Gasteiger partial charge is 0.469 e. The Morgan fingerprint density at radius 3 is 2.56 bits per heavy atom. The maximum Gasteiger partial charge on any atom is 0.307 e. The number of halogens is 1. The number of benzene rings is 1. The predicted octanol–water partition coefficient (Wildman–Crippen LogP) is 3.50. The number of carbonyl (C=O) groups is 1. The molecule has 2 rings (SSSR count). The number of thiophene rings is 1. The van der Waals surface area contributed by atoms with Crippen LogP contribution in [0, 0.1) is 0 Å². The van der Waals surface area contributed by atoms with E-state index in [1.165, 1.54) is 18.4 Å². The Kier molecular flexibility index (Phi) is 7.43. The molecule has 0 aliphatic rings. The molecule has 2 aromatic rings. The standard InChI is InChI=1S/C17H20ClNO4S2/c1-23-17(20)12-15(16-5-3-11-24-16)19-25(21,22)14-8-6-13(7-9-14)4-2-10-18/h3,5-9,11,15,19H,2,4,10,12H2,1H3. The Bertz CT molecular complexity index is 773. The van der Waals surface area contributed by atoms with Gasteiger partial charge in [0.1, 0.15) is 0 Å². The summed E-state index contributed by atoms with van der Waals surface area (Å²) < 4.78 is 32.6. The highest BCUT2D eigenvalue weighted by molar-refractivity contribution is 7.89. The van der Waals surface area contributed by atoms with Crippen molar-refractivity contribution in [3.05, 3.63) is 52.2 Å². The zero-order valence-corrected chi connectivity index (χ0v) is 16.2. The van der Waals surface area contributed by atoms with Crippen molar-refractivity contribution in [1.29, 1.82) is 0 Å². The van der Waals surface area contributed by atoms with Crippen LogP contribution < -0.4 is 4.72 Å². The summed E-state index contributed by atoms with van der Waals surface area (Å²) in [6, 6.07) is 9.63. The van der Waals surface area contributed by atoms with E-state index < -0.39 is 22.0 Å². The lowest BCUT2D eigenvalue weighted by molar-refractivity contribution is -0.141. The molecule has 1 unspecified atom stereocenters. The Morgan fingerprint density at radius 1 is 1.28 bits per heavy atom. The van der Waals surface area contributed by atoms with Gasteiger partial charge >= 0.3 is 5.97 Å². The van der Waals surface area contributed by atoms with Gasteiger partial charge < -0.3 is 4.74 Å². The summed E-state index contributed by atoms with van der Waals surface area (Å²) >= 11 is 7.06. The molecule has 0 saturated carbocycles. The van der Waals surface area contributed by atoms with Gasteiger partial charge in [-0.3, -0.25) is 4.79 Å². The summed E-state index contributed by atoms with van der Waals surface area (Å²) in [5.41, 5.74) is 1.03. The first-order valence-electron chi connectivity index (χ1n) is 7.73. The molecule has 0 aliphatic carbocycles. The van der Waals surface area contributed by atoms with Crippen LogP contribution >= 0.6 is 22.9 Å². The molecule has 1 aromatic carbocycles. The third-order valence-corrected chi connectivity index (χ3v) is 6.36. The van der Waals surface area contributed by atoms with E-state index in [4.69, 9.17) is 11.6 Å². The molecule has 0 amide bonds. The van der Waals surface area contributed by atoms with Gasteiger partial charge in [0, 0.05) is 10.8 Å². The number of alkyl halides is 1. The summed E-state index contributed by atoms with van der Waals surface area (Å²) in [4.78, 5) is 12.5. The quantitative estimate of drug-likeness (QED) is 0.515. The van der Waals surface area contributed by atoms with Gasteiger partial charge in [0.15, 0.2) is 0 Å². The predicted molar refractivity (Wildman–Crippen MR) is 99.5 cm³/mol. The highest BCUT2D eigenvalue weighted by atomic mass is 35.5. The van der Waals surface area contributed by atoms with Gasteiger partial charge in [-0.2, -0.15) is 0 Å². The molecule has 0 bridgehead atoms. The van der Waals surface area contributed by atoms with Gasteiger partial charge in [0.05, 0.1) is 24.5 Å². The molecule has 1 aromatic heterocycles. The van der Waals surface area contributed by atoms with Crippen molar-refractivity contribution in [1.82, 2.24) is 4.72 Å². The molecule has 1 atom stereocenters. The van der Waals surface area contributed by atoms with Crippen molar-refractivity contribution in [2.75, 3.05) is 13.0 Å². The van der Waals surface area contributed by atoms with Crippen molar-refractivity contribution in [2.45, 2.75) is 30.2 Å². The summed E-state index contributed by atoms with van der Waals surface area (Å²) in [7, 11) is -2.47. The number of aryl methyl sites for hydroxylation is 1. The first-order chi connectivity index (χ1) is 12.0. The van der Waals surface area contributed by atoms with E-state index in [2.05, 4.69) is 9.46 Å². The molecule has 25 heavy (non-hydrogen) atoms. The summed E-state index contributed by atoms with van der Waals surface area (Å²) in [5, 5.41) is 1.83. The SMILES string of the molecule is COC(=O)CC(NS(=O)(=O)c1ccc(CCCCl)cc1)c1cccs1. The minimum Gasteiger partial charge on any atom is -0.469 e. The Balaban J connectivity index is 2.17. The van der Waals surface area contributed by atoms with Crippen molar-refractivity contribution in [2.24, 2.45) is 0 Å². The Hall–Kier alpha value is -1.41. The van der Waals surface area contributed by atoms with E-state index in [9.17, 15) is 13.2 Å². The molecular formula is C17H20ClNO4S2. The summed E-state index contributed by atoms with van der Waals surface area (Å²) in [6.07, 6.45) is 1.58. The van der Waals surface area contributed by atoms with E-state index in [0.717, 1.165) is 23.3 Å². The van der Waals surface area contributed by atoms with Crippen LogP contribution in [0.1, 0.15) is 29.3 Å². The first kappa shape index (κ1) is 19.9. The van der Waals surface area contributed by atoms with Gasteiger partial charge in [0.25, 0.3) is 0 Å². The maximum absolute atomic E-state index is 12.7. The third-order valence-electron chi connectivity index (χ3n) is 3.62. The number of hydrogen-bond donors (Lipinski definition) is 1. The second-order valence-electron chi connectivity index (χ2n) is 5.41. The average molecular weight is 402 g/mol. The van der Waals surface area contributed by atoms with Crippen molar-refractivity contribution in [3.63, 3.8) is 0 Å². The fourth-order valence-corrected chi connectivity index (χ4v) is 4.50. The minimum absolute atomic E-state index is 0.0654. The van der Waals surface area contributed by atoms with Crippen LogP contribution in [0.4, 0.5) is 0 Å². The summed E-state index contributed by atoms with van der Waals surface area (Å²) in [6.45, 7) is 0. The lowest BCUT2D eigenvalue weighted by Gasteiger charge is -2.16. The van der Waals surface area contributed by atoms with E-state index >= 15 is 0 Å². The highest BCUT2D eigenvalue weighted by Crippen LogP contribution is 2.25. The molecule has 8 heteroatoms. The second kappa shape index (κ2) is 9.33. The molecule has 0 aliphatic heterocycles. The number of sulfonamides is 1. The third kappa shape index (κ3) is 5.81. The zero-order valence-electron chi connectivity index (χ0n) is 13.8. The zero-order chi connectivity index (χ0) is 18.3. The van der Waals surface area contributed by atoms with Crippen molar-refractivity contribution >= 4 is 38.9 Å².